The molecule has 5 nitrogen and oxygen atoms in total. The van der Waals surface area contributed by atoms with Gasteiger partial charge < -0.3 is 15.4 Å². The van der Waals surface area contributed by atoms with E-state index in [4.69, 9.17) is 0 Å². The molecule has 1 aromatic heterocycles. The van der Waals surface area contributed by atoms with Gasteiger partial charge in [-0.05, 0) is 31.5 Å². The molecule has 1 aliphatic heterocycles. The second kappa shape index (κ2) is 6.35. The Hall–Kier alpha value is -1.62. The second-order valence-electron chi connectivity index (χ2n) is 4.45. The van der Waals surface area contributed by atoms with Crippen molar-refractivity contribution in [2.24, 2.45) is 0 Å². The number of hydrogen-bond acceptors (Lipinski definition) is 5. The van der Waals surface area contributed by atoms with E-state index < -0.39 is 5.97 Å². The largest absolute Gasteiger partial charge is 0.464 e. The first kappa shape index (κ1) is 12.8. The van der Waals surface area contributed by atoms with Gasteiger partial charge in [-0.25, -0.2) is 9.78 Å². The van der Waals surface area contributed by atoms with Gasteiger partial charge in [-0.1, -0.05) is 6.42 Å². The third-order valence-corrected chi connectivity index (χ3v) is 3.12. The zero-order valence-corrected chi connectivity index (χ0v) is 10.6. The zero-order valence-electron chi connectivity index (χ0n) is 10.6. The Labute approximate surface area is 107 Å². The molecule has 1 unspecified atom stereocenters. The summed E-state index contributed by atoms with van der Waals surface area (Å²) >= 11 is 0. The van der Waals surface area contributed by atoms with Crippen LogP contribution in [-0.4, -0.2) is 37.2 Å². The van der Waals surface area contributed by atoms with E-state index in [0.717, 1.165) is 18.8 Å². The highest BCUT2D eigenvalue weighted by molar-refractivity contribution is 5.88. The van der Waals surface area contributed by atoms with Crippen molar-refractivity contribution in [3.05, 3.63) is 24.0 Å². The van der Waals surface area contributed by atoms with Crippen LogP contribution in [0.2, 0.25) is 0 Å². The Morgan fingerprint density at radius 3 is 3.22 bits per heavy atom. The number of methoxy groups -OCH3 is 1. The van der Waals surface area contributed by atoms with Crippen LogP contribution in [-0.2, 0) is 4.74 Å². The van der Waals surface area contributed by atoms with Crippen molar-refractivity contribution in [1.82, 2.24) is 10.3 Å². The fraction of sp³-hybridized carbons (Fsp3) is 0.538. The first-order valence-corrected chi connectivity index (χ1v) is 6.31. The van der Waals surface area contributed by atoms with E-state index in [-0.39, 0.29) is 0 Å². The topological polar surface area (TPSA) is 63.2 Å². The molecule has 0 aromatic carbocycles. The van der Waals surface area contributed by atoms with Crippen molar-refractivity contribution in [3.8, 4) is 0 Å². The number of hydrogen-bond donors (Lipinski definition) is 2. The lowest BCUT2D eigenvalue weighted by Crippen LogP contribution is -2.39. The van der Waals surface area contributed by atoms with Crippen molar-refractivity contribution in [2.45, 2.75) is 25.3 Å². The van der Waals surface area contributed by atoms with E-state index in [0.29, 0.717) is 11.7 Å². The molecule has 2 rings (SSSR count). The predicted octanol–water partition coefficient (Wildman–Crippen LogP) is 1.42. The van der Waals surface area contributed by atoms with Crippen LogP contribution in [0.3, 0.4) is 0 Å². The van der Waals surface area contributed by atoms with Crippen LogP contribution >= 0.6 is 0 Å². The fourth-order valence-electron chi connectivity index (χ4n) is 2.10. The monoisotopic (exact) mass is 249 g/mol. The van der Waals surface area contributed by atoms with E-state index in [1.54, 1.807) is 12.3 Å². The van der Waals surface area contributed by atoms with Gasteiger partial charge in [-0.15, -0.1) is 0 Å². The van der Waals surface area contributed by atoms with E-state index >= 15 is 0 Å². The van der Waals surface area contributed by atoms with Crippen LogP contribution in [0.15, 0.2) is 18.3 Å². The molecule has 1 saturated heterocycles. The van der Waals surface area contributed by atoms with Crippen molar-refractivity contribution >= 4 is 11.7 Å². The zero-order chi connectivity index (χ0) is 12.8. The van der Waals surface area contributed by atoms with Gasteiger partial charge in [-0.3, -0.25) is 0 Å². The molecule has 0 spiro atoms. The Morgan fingerprint density at radius 2 is 2.50 bits per heavy atom. The molecule has 1 atom stereocenters. The normalized spacial score (nSPS) is 19.3. The lowest BCUT2D eigenvalue weighted by molar-refractivity contribution is 0.0594. The summed E-state index contributed by atoms with van der Waals surface area (Å²) in [6.07, 6.45) is 5.35. The highest BCUT2D eigenvalue weighted by Gasteiger charge is 2.12. The molecule has 0 radical (unpaired) electrons. The van der Waals surface area contributed by atoms with Crippen LogP contribution in [0, 0.1) is 0 Å². The van der Waals surface area contributed by atoms with Gasteiger partial charge >= 0.3 is 5.97 Å². The molecule has 18 heavy (non-hydrogen) atoms. The molecule has 0 bridgehead atoms. The molecule has 0 saturated carbocycles. The summed E-state index contributed by atoms with van der Waals surface area (Å²) in [5.41, 5.74) is 1.23. The molecule has 0 amide bonds. The minimum absolute atomic E-state index is 0.333. The fourth-order valence-corrected chi connectivity index (χ4v) is 2.10. The summed E-state index contributed by atoms with van der Waals surface area (Å²) in [5, 5.41) is 6.79. The predicted molar refractivity (Wildman–Crippen MR) is 69.7 cm³/mol. The van der Waals surface area contributed by atoms with Gasteiger partial charge in [0.05, 0.1) is 7.11 Å². The number of carbonyl (C=O) groups excluding carboxylic acids is 1. The SMILES string of the molecule is COC(=O)c1cc(NCC2CCCCN2)ccn1. The number of ether oxygens (including phenoxy) is 1. The number of rotatable bonds is 4. The van der Waals surface area contributed by atoms with Gasteiger partial charge in [0.15, 0.2) is 0 Å². The molecular weight excluding hydrogens is 230 g/mol. The third-order valence-electron chi connectivity index (χ3n) is 3.12. The Bertz CT molecular complexity index is 403. The van der Waals surface area contributed by atoms with E-state index in [2.05, 4.69) is 20.4 Å². The summed E-state index contributed by atoms with van der Waals surface area (Å²) in [6, 6.07) is 4.08. The van der Waals surface area contributed by atoms with Crippen molar-refractivity contribution < 1.29 is 9.53 Å². The number of esters is 1. The molecule has 0 aliphatic carbocycles. The van der Waals surface area contributed by atoms with E-state index in [1.807, 2.05) is 6.07 Å². The van der Waals surface area contributed by atoms with Gasteiger partial charge in [-0.2, -0.15) is 0 Å². The molecule has 2 N–H and O–H groups in total. The standard InChI is InChI=1S/C13H19N3O2/c1-18-13(17)12-8-10(5-7-15-12)16-9-11-4-2-3-6-14-11/h5,7-8,11,14H,2-4,6,9H2,1H3,(H,15,16). The van der Waals surface area contributed by atoms with Crippen molar-refractivity contribution in [2.75, 3.05) is 25.5 Å². The molecule has 1 aliphatic rings. The molecule has 5 heteroatoms. The first-order valence-electron chi connectivity index (χ1n) is 6.31. The minimum Gasteiger partial charge on any atom is -0.464 e. The lowest BCUT2D eigenvalue weighted by Gasteiger charge is -2.24. The first-order chi connectivity index (χ1) is 8.79. The number of pyridine rings is 1. The van der Waals surface area contributed by atoms with Crippen molar-refractivity contribution in [1.29, 1.82) is 0 Å². The van der Waals surface area contributed by atoms with Gasteiger partial charge in [0, 0.05) is 24.5 Å². The minimum atomic E-state index is -0.408. The van der Waals surface area contributed by atoms with Crippen LogP contribution in [0.5, 0.6) is 0 Å². The second-order valence-corrected chi connectivity index (χ2v) is 4.45. The smallest absolute Gasteiger partial charge is 0.356 e. The Kier molecular flexibility index (Phi) is 4.52. The van der Waals surface area contributed by atoms with Crippen LogP contribution < -0.4 is 10.6 Å². The summed E-state index contributed by atoms with van der Waals surface area (Å²) in [7, 11) is 1.36. The quantitative estimate of drug-likeness (QED) is 0.790. The van der Waals surface area contributed by atoms with Crippen LogP contribution in [0.4, 0.5) is 5.69 Å². The summed E-state index contributed by atoms with van der Waals surface area (Å²) in [5.74, 6) is -0.408. The molecular formula is C13H19N3O2. The molecule has 98 valence electrons. The Morgan fingerprint density at radius 1 is 1.61 bits per heavy atom. The number of carbonyl (C=O) groups is 1. The lowest BCUT2D eigenvalue weighted by atomic mass is 10.1. The molecule has 1 fully saturated rings. The number of piperidine rings is 1. The number of nitrogens with one attached hydrogen (secondary N) is 2. The van der Waals surface area contributed by atoms with Crippen LogP contribution in [0.25, 0.3) is 0 Å². The van der Waals surface area contributed by atoms with Crippen LogP contribution in [0.1, 0.15) is 29.8 Å². The van der Waals surface area contributed by atoms with Gasteiger partial charge in [0.2, 0.25) is 0 Å². The third kappa shape index (κ3) is 3.43. The summed E-state index contributed by atoms with van der Waals surface area (Å²) in [6.45, 7) is 1.96. The summed E-state index contributed by atoms with van der Waals surface area (Å²) < 4.78 is 4.64. The number of nitrogens with zero attached hydrogens (tertiary/aromatic N) is 1. The van der Waals surface area contributed by atoms with E-state index in [1.165, 1.54) is 26.4 Å². The number of aromatic nitrogens is 1. The maximum atomic E-state index is 11.3. The molecule has 1 aromatic rings. The number of anilines is 1. The maximum absolute atomic E-state index is 11.3. The molecule has 2 heterocycles. The van der Waals surface area contributed by atoms with Gasteiger partial charge in [0.25, 0.3) is 0 Å². The van der Waals surface area contributed by atoms with Crippen molar-refractivity contribution in [3.63, 3.8) is 0 Å². The Balaban J connectivity index is 1.90. The highest BCUT2D eigenvalue weighted by Crippen LogP contribution is 2.11. The average molecular weight is 249 g/mol. The average Bonchev–Trinajstić information content (AvgIpc) is 2.45. The highest BCUT2D eigenvalue weighted by atomic mass is 16.5. The maximum Gasteiger partial charge on any atom is 0.356 e. The summed E-state index contributed by atoms with van der Waals surface area (Å²) in [4.78, 5) is 15.3. The van der Waals surface area contributed by atoms with Gasteiger partial charge in [0.1, 0.15) is 5.69 Å². The van der Waals surface area contributed by atoms with E-state index in [9.17, 15) is 4.79 Å².